The Labute approximate surface area is 107 Å². The van der Waals surface area contributed by atoms with Gasteiger partial charge >= 0.3 is 0 Å². The molecule has 0 rings (SSSR count). The van der Waals surface area contributed by atoms with Crippen LogP contribution in [0.25, 0.3) is 0 Å². The van der Waals surface area contributed by atoms with Crippen LogP contribution in [-0.2, 0) is 9.47 Å². The summed E-state index contributed by atoms with van der Waals surface area (Å²) in [4.78, 5) is 2.16. The maximum absolute atomic E-state index is 9.57. The van der Waals surface area contributed by atoms with Crippen molar-refractivity contribution in [1.82, 2.24) is 4.90 Å². The SMILES string of the molecule is CCOCCN(CCOCC)CC(O)CBr. The van der Waals surface area contributed by atoms with Crippen LogP contribution in [-0.4, -0.2) is 67.5 Å². The third kappa shape index (κ3) is 9.54. The van der Waals surface area contributed by atoms with Gasteiger partial charge in [-0.3, -0.25) is 4.90 Å². The number of aliphatic hydroxyl groups is 1. The fraction of sp³-hybridized carbons (Fsp3) is 1.00. The van der Waals surface area contributed by atoms with E-state index in [9.17, 15) is 5.11 Å². The highest BCUT2D eigenvalue weighted by Crippen LogP contribution is 1.97. The van der Waals surface area contributed by atoms with Crippen molar-refractivity contribution in [2.24, 2.45) is 0 Å². The summed E-state index contributed by atoms with van der Waals surface area (Å²) in [5, 5.41) is 10.2. The Kier molecular flexibility index (Phi) is 12.0. The third-order valence-electron chi connectivity index (χ3n) is 2.16. The van der Waals surface area contributed by atoms with Gasteiger partial charge in [0.25, 0.3) is 0 Å². The molecule has 0 aliphatic carbocycles. The molecule has 0 aliphatic heterocycles. The first-order valence-corrected chi connectivity index (χ1v) is 6.98. The van der Waals surface area contributed by atoms with E-state index < -0.39 is 0 Å². The van der Waals surface area contributed by atoms with E-state index in [2.05, 4.69) is 20.8 Å². The Morgan fingerprint density at radius 1 is 1.12 bits per heavy atom. The lowest BCUT2D eigenvalue weighted by Gasteiger charge is -2.24. The number of halogens is 1. The van der Waals surface area contributed by atoms with Gasteiger partial charge in [-0.15, -0.1) is 0 Å². The molecule has 1 unspecified atom stereocenters. The van der Waals surface area contributed by atoms with Gasteiger partial charge in [-0.25, -0.2) is 0 Å². The number of alkyl halides is 1. The van der Waals surface area contributed by atoms with Crippen molar-refractivity contribution in [3.8, 4) is 0 Å². The summed E-state index contributed by atoms with van der Waals surface area (Å²) >= 11 is 3.27. The molecule has 0 saturated heterocycles. The zero-order valence-corrected chi connectivity index (χ0v) is 11.9. The predicted octanol–water partition coefficient (Wildman–Crippen LogP) is 1.12. The Morgan fingerprint density at radius 3 is 2.00 bits per heavy atom. The number of ether oxygens (including phenoxy) is 2. The summed E-state index contributed by atoms with van der Waals surface area (Å²) in [6, 6.07) is 0. The van der Waals surface area contributed by atoms with Gasteiger partial charge in [-0.05, 0) is 13.8 Å². The van der Waals surface area contributed by atoms with E-state index in [1.165, 1.54) is 0 Å². The van der Waals surface area contributed by atoms with Crippen LogP contribution in [0.15, 0.2) is 0 Å². The zero-order valence-electron chi connectivity index (χ0n) is 10.3. The molecule has 5 heteroatoms. The van der Waals surface area contributed by atoms with Crippen LogP contribution in [0.5, 0.6) is 0 Å². The Bertz CT molecular complexity index is 139. The second-order valence-corrected chi connectivity index (χ2v) is 4.15. The van der Waals surface area contributed by atoms with Crippen molar-refractivity contribution in [1.29, 1.82) is 0 Å². The molecular weight excluding hydrogens is 274 g/mol. The van der Waals surface area contributed by atoms with Gasteiger partial charge < -0.3 is 14.6 Å². The molecule has 1 atom stereocenters. The Morgan fingerprint density at radius 2 is 1.62 bits per heavy atom. The highest BCUT2D eigenvalue weighted by Gasteiger charge is 2.10. The number of aliphatic hydroxyl groups excluding tert-OH is 1. The standard InChI is InChI=1S/C11H24BrNO3/c1-3-15-7-5-13(6-8-16-4-2)10-11(14)9-12/h11,14H,3-10H2,1-2H3. The molecule has 4 nitrogen and oxygen atoms in total. The first-order valence-electron chi connectivity index (χ1n) is 5.86. The molecule has 0 fully saturated rings. The van der Waals surface area contributed by atoms with Crippen LogP contribution in [0.4, 0.5) is 0 Å². The lowest BCUT2D eigenvalue weighted by atomic mass is 10.3. The molecular formula is C11H24BrNO3. The van der Waals surface area contributed by atoms with Crippen LogP contribution in [0.1, 0.15) is 13.8 Å². The minimum absolute atomic E-state index is 0.330. The third-order valence-corrected chi connectivity index (χ3v) is 2.91. The molecule has 0 aromatic heterocycles. The van der Waals surface area contributed by atoms with E-state index in [1.807, 2.05) is 13.8 Å². The minimum Gasteiger partial charge on any atom is -0.391 e. The lowest BCUT2D eigenvalue weighted by Crippen LogP contribution is -2.38. The molecule has 0 amide bonds. The van der Waals surface area contributed by atoms with Crippen molar-refractivity contribution in [3.63, 3.8) is 0 Å². The molecule has 0 aromatic rings. The smallest absolute Gasteiger partial charge is 0.0763 e. The van der Waals surface area contributed by atoms with Gasteiger partial charge in [0.15, 0.2) is 0 Å². The van der Waals surface area contributed by atoms with Crippen LogP contribution in [0, 0.1) is 0 Å². The fourth-order valence-electron chi connectivity index (χ4n) is 1.32. The number of hydrogen-bond donors (Lipinski definition) is 1. The predicted molar refractivity (Wildman–Crippen MR) is 69.2 cm³/mol. The van der Waals surface area contributed by atoms with Crippen LogP contribution < -0.4 is 0 Å². The van der Waals surface area contributed by atoms with E-state index in [-0.39, 0.29) is 6.10 Å². The van der Waals surface area contributed by atoms with E-state index in [0.29, 0.717) is 25.1 Å². The molecule has 0 aliphatic rings. The maximum atomic E-state index is 9.57. The van der Waals surface area contributed by atoms with Crippen LogP contribution in [0.3, 0.4) is 0 Å². The molecule has 0 saturated carbocycles. The molecule has 98 valence electrons. The van der Waals surface area contributed by atoms with Gasteiger partial charge in [0.2, 0.25) is 0 Å². The van der Waals surface area contributed by atoms with Gasteiger partial charge in [0.1, 0.15) is 0 Å². The van der Waals surface area contributed by atoms with E-state index >= 15 is 0 Å². The first-order chi connectivity index (χ1) is 7.74. The first kappa shape index (κ1) is 16.3. The number of nitrogens with zero attached hydrogens (tertiary/aromatic N) is 1. The second kappa shape index (κ2) is 11.8. The summed E-state index contributed by atoms with van der Waals surface area (Å²) in [6.45, 7) is 9.19. The van der Waals surface area contributed by atoms with Crippen molar-refractivity contribution < 1.29 is 14.6 Å². The van der Waals surface area contributed by atoms with Gasteiger partial charge in [0, 0.05) is 38.2 Å². The van der Waals surface area contributed by atoms with Crippen molar-refractivity contribution in [2.75, 3.05) is 51.4 Å². The molecule has 0 radical (unpaired) electrons. The van der Waals surface area contributed by atoms with Gasteiger partial charge in [-0.1, -0.05) is 15.9 Å². The second-order valence-electron chi connectivity index (χ2n) is 3.50. The minimum atomic E-state index is -0.330. The van der Waals surface area contributed by atoms with E-state index in [1.54, 1.807) is 0 Å². The molecule has 0 bridgehead atoms. The van der Waals surface area contributed by atoms with Crippen molar-refractivity contribution in [2.45, 2.75) is 20.0 Å². The Balaban J connectivity index is 3.75. The average molecular weight is 298 g/mol. The van der Waals surface area contributed by atoms with Crippen LogP contribution >= 0.6 is 15.9 Å². The largest absolute Gasteiger partial charge is 0.391 e. The van der Waals surface area contributed by atoms with Gasteiger partial charge in [0.05, 0.1) is 19.3 Å². The fourth-order valence-corrected chi connectivity index (χ4v) is 1.52. The summed E-state index contributed by atoms with van der Waals surface area (Å²) in [5.41, 5.74) is 0. The summed E-state index contributed by atoms with van der Waals surface area (Å²) in [5.74, 6) is 0. The van der Waals surface area contributed by atoms with Crippen molar-refractivity contribution in [3.05, 3.63) is 0 Å². The zero-order chi connectivity index (χ0) is 12.2. The van der Waals surface area contributed by atoms with E-state index in [0.717, 1.165) is 26.3 Å². The Hall–Kier alpha value is 0.320. The quantitative estimate of drug-likeness (QED) is 0.458. The maximum Gasteiger partial charge on any atom is 0.0763 e. The molecule has 16 heavy (non-hydrogen) atoms. The molecule has 0 aromatic carbocycles. The monoisotopic (exact) mass is 297 g/mol. The van der Waals surface area contributed by atoms with E-state index in [4.69, 9.17) is 9.47 Å². The average Bonchev–Trinajstić information content (AvgIpc) is 2.29. The summed E-state index contributed by atoms with van der Waals surface area (Å²) in [6.07, 6.45) is -0.330. The number of rotatable bonds is 11. The lowest BCUT2D eigenvalue weighted by molar-refractivity contribution is 0.0596. The van der Waals surface area contributed by atoms with Crippen molar-refractivity contribution >= 4 is 15.9 Å². The number of hydrogen-bond acceptors (Lipinski definition) is 4. The normalized spacial score (nSPS) is 13.3. The molecule has 1 N–H and O–H groups in total. The summed E-state index contributed by atoms with van der Waals surface area (Å²) in [7, 11) is 0. The van der Waals surface area contributed by atoms with Crippen LogP contribution in [0.2, 0.25) is 0 Å². The highest BCUT2D eigenvalue weighted by atomic mass is 79.9. The molecule has 0 spiro atoms. The highest BCUT2D eigenvalue weighted by molar-refractivity contribution is 9.09. The van der Waals surface area contributed by atoms with Gasteiger partial charge in [-0.2, -0.15) is 0 Å². The molecule has 0 heterocycles. The topological polar surface area (TPSA) is 41.9 Å². The summed E-state index contributed by atoms with van der Waals surface area (Å²) < 4.78 is 10.6.